The van der Waals surface area contributed by atoms with Gasteiger partial charge in [0.2, 0.25) is 0 Å². The lowest BCUT2D eigenvalue weighted by atomic mass is 10.1. The van der Waals surface area contributed by atoms with Gasteiger partial charge >= 0.3 is 0 Å². The molecule has 0 saturated carbocycles. The van der Waals surface area contributed by atoms with Crippen LogP contribution in [-0.2, 0) is 0 Å². The zero-order valence-corrected chi connectivity index (χ0v) is 12.5. The maximum absolute atomic E-state index is 5.80. The highest BCUT2D eigenvalue weighted by Crippen LogP contribution is 2.17. The van der Waals surface area contributed by atoms with Gasteiger partial charge in [0, 0.05) is 0 Å². The van der Waals surface area contributed by atoms with E-state index in [0.29, 0.717) is 5.88 Å². The van der Waals surface area contributed by atoms with Gasteiger partial charge < -0.3 is 4.74 Å². The second-order valence-corrected chi connectivity index (χ2v) is 4.82. The maximum atomic E-state index is 5.80. The summed E-state index contributed by atoms with van der Waals surface area (Å²) in [6.07, 6.45) is 7.65. The predicted octanol–water partition coefficient (Wildman–Crippen LogP) is 5.02. The van der Waals surface area contributed by atoms with Crippen molar-refractivity contribution in [2.75, 3.05) is 12.5 Å². The van der Waals surface area contributed by atoms with Crippen molar-refractivity contribution in [3.05, 3.63) is 29.8 Å². The van der Waals surface area contributed by atoms with Gasteiger partial charge in [0.15, 0.2) is 0 Å². The van der Waals surface area contributed by atoms with Crippen LogP contribution in [0.4, 0.5) is 0 Å². The Bertz CT molecular complexity index is 403. The number of halogens is 1. The van der Waals surface area contributed by atoms with E-state index in [9.17, 15) is 0 Å². The largest absolute Gasteiger partial charge is 0.492 e. The lowest BCUT2D eigenvalue weighted by Crippen LogP contribution is -1.99. The zero-order valence-electron chi connectivity index (χ0n) is 11.8. The Hall–Kier alpha value is -1.13. The second kappa shape index (κ2) is 10.8. The highest BCUT2D eigenvalue weighted by molar-refractivity contribution is 6.19. The van der Waals surface area contributed by atoms with E-state index >= 15 is 0 Å². The molecule has 0 aromatic heterocycles. The fourth-order valence-corrected chi connectivity index (χ4v) is 1.96. The average Bonchev–Trinajstić information content (AvgIpc) is 2.45. The molecule has 0 heterocycles. The summed E-state index contributed by atoms with van der Waals surface area (Å²) < 4.78 is 5.80. The van der Waals surface area contributed by atoms with Gasteiger partial charge in [-0.15, -0.1) is 11.6 Å². The van der Waals surface area contributed by atoms with Gasteiger partial charge in [0.05, 0.1) is 18.1 Å². The summed E-state index contributed by atoms with van der Waals surface area (Å²) in [5.41, 5.74) is 0.925. The first-order chi connectivity index (χ1) is 9.38. The van der Waals surface area contributed by atoms with Crippen LogP contribution in [0.25, 0.3) is 0 Å². The van der Waals surface area contributed by atoms with E-state index < -0.39 is 0 Å². The normalized spacial score (nSPS) is 9.79. The first kappa shape index (κ1) is 15.9. The van der Waals surface area contributed by atoms with Crippen LogP contribution in [0.5, 0.6) is 5.75 Å². The van der Waals surface area contributed by atoms with Crippen molar-refractivity contribution in [2.24, 2.45) is 0 Å². The van der Waals surface area contributed by atoms with Gasteiger partial charge in [0.25, 0.3) is 0 Å². The Morgan fingerprint density at radius 3 is 2.58 bits per heavy atom. The third-order valence-corrected chi connectivity index (χ3v) is 3.07. The SMILES string of the molecule is CCCCCCCCOc1ccccc1C#CCCl. The molecule has 0 radical (unpaired) electrons. The minimum Gasteiger partial charge on any atom is -0.492 e. The summed E-state index contributed by atoms with van der Waals surface area (Å²) in [4.78, 5) is 0. The van der Waals surface area contributed by atoms with E-state index in [1.165, 1.54) is 32.1 Å². The molecule has 2 heteroatoms. The Morgan fingerprint density at radius 2 is 1.79 bits per heavy atom. The number of para-hydroxylation sites is 1. The van der Waals surface area contributed by atoms with Crippen molar-refractivity contribution in [3.8, 4) is 17.6 Å². The fraction of sp³-hybridized carbons (Fsp3) is 0.529. The van der Waals surface area contributed by atoms with E-state index in [1.54, 1.807) is 0 Å². The third kappa shape index (κ3) is 7.13. The lowest BCUT2D eigenvalue weighted by Gasteiger charge is -2.08. The molecule has 0 saturated heterocycles. The summed E-state index contributed by atoms with van der Waals surface area (Å²) in [6, 6.07) is 7.88. The Labute approximate surface area is 122 Å². The second-order valence-electron chi connectivity index (χ2n) is 4.55. The van der Waals surface area contributed by atoms with Crippen LogP contribution >= 0.6 is 11.6 Å². The number of hydrogen-bond acceptors (Lipinski definition) is 1. The van der Waals surface area contributed by atoms with Crippen molar-refractivity contribution in [3.63, 3.8) is 0 Å². The van der Waals surface area contributed by atoms with Crippen LogP contribution in [0, 0.1) is 11.8 Å². The number of unbranched alkanes of at least 4 members (excludes halogenated alkanes) is 5. The minimum atomic E-state index is 0.353. The Morgan fingerprint density at radius 1 is 1.05 bits per heavy atom. The minimum absolute atomic E-state index is 0.353. The highest BCUT2D eigenvalue weighted by atomic mass is 35.5. The highest BCUT2D eigenvalue weighted by Gasteiger charge is 1.99. The van der Waals surface area contributed by atoms with Gasteiger partial charge in [-0.05, 0) is 18.6 Å². The molecule has 0 fully saturated rings. The van der Waals surface area contributed by atoms with Gasteiger partial charge in [-0.2, -0.15) is 0 Å². The third-order valence-electron chi connectivity index (χ3n) is 2.93. The topological polar surface area (TPSA) is 9.23 Å². The maximum Gasteiger partial charge on any atom is 0.134 e. The molecule has 0 aliphatic carbocycles. The van der Waals surface area contributed by atoms with E-state index in [1.807, 2.05) is 24.3 Å². The van der Waals surface area contributed by atoms with Crippen molar-refractivity contribution < 1.29 is 4.74 Å². The number of hydrogen-bond donors (Lipinski definition) is 0. The summed E-state index contributed by atoms with van der Waals surface area (Å²) in [5.74, 6) is 7.11. The quantitative estimate of drug-likeness (QED) is 0.369. The van der Waals surface area contributed by atoms with E-state index in [4.69, 9.17) is 16.3 Å². The summed E-state index contributed by atoms with van der Waals surface area (Å²) in [6.45, 7) is 3.01. The van der Waals surface area contributed by atoms with Crippen LogP contribution in [0.15, 0.2) is 24.3 Å². The van der Waals surface area contributed by atoms with Gasteiger partial charge in [-0.1, -0.05) is 63.0 Å². The number of rotatable bonds is 8. The molecule has 0 aliphatic heterocycles. The molecule has 0 N–H and O–H groups in total. The molecule has 0 bridgehead atoms. The van der Waals surface area contributed by atoms with Crippen LogP contribution in [-0.4, -0.2) is 12.5 Å². The van der Waals surface area contributed by atoms with E-state index in [-0.39, 0.29) is 0 Å². The van der Waals surface area contributed by atoms with Crippen LogP contribution in [0.1, 0.15) is 51.0 Å². The molecule has 104 valence electrons. The molecule has 1 rings (SSSR count). The van der Waals surface area contributed by atoms with Crippen molar-refractivity contribution in [1.82, 2.24) is 0 Å². The lowest BCUT2D eigenvalue weighted by molar-refractivity contribution is 0.303. The van der Waals surface area contributed by atoms with Gasteiger partial charge in [0.1, 0.15) is 5.75 Å². The average molecular weight is 279 g/mol. The smallest absolute Gasteiger partial charge is 0.134 e. The number of alkyl halides is 1. The molecule has 0 aliphatic rings. The molecule has 0 unspecified atom stereocenters. The summed E-state index contributed by atoms with van der Waals surface area (Å²) in [7, 11) is 0. The van der Waals surface area contributed by atoms with Crippen LogP contribution < -0.4 is 4.74 Å². The fourth-order valence-electron chi connectivity index (χ4n) is 1.89. The molecule has 1 nitrogen and oxygen atoms in total. The Balaban J connectivity index is 2.29. The molecule has 0 atom stereocenters. The summed E-state index contributed by atoms with van der Waals surface area (Å²) >= 11 is 5.58. The van der Waals surface area contributed by atoms with Gasteiger partial charge in [-0.3, -0.25) is 0 Å². The monoisotopic (exact) mass is 278 g/mol. The van der Waals surface area contributed by atoms with Crippen LogP contribution in [0.3, 0.4) is 0 Å². The zero-order chi connectivity index (χ0) is 13.8. The molecular formula is C17H23ClO. The molecule has 0 amide bonds. The molecule has 19 heavy (non-hydrogen) atoms. The summed E-state index contributed by atoms with van der Waals surface area (Å²) in [5, 5.41) is 0. The number of ether oxygens (including phenoxy) is 1. The number of benzene rings is 1. The standard InChI is InChI=1S/C17H23ClO/c1-2-3-4-5-6-9-15-19-17-13-8-7-11-16(17)12-10-14-18/h7-8,11,13H,2-6,9,14-15H2,1H3. The first-order valence-corrected chi connectivity index (χ1v) is 7.68. The first-order valence-electron chi connectivity index (χ1n) is 7.15. The Kier molecular flexibility index (Phi) is 9.02. The molecule has 1 aromatic carbocycles. The molecule has 0 spiro atoms. The van der Waals surface area contributed by atoms with Crippen molar-refractivity contribution in [1.29, 1.82) is 0 Å². The van der Waals surface area contributed by atoms with Crippen LogP contribution in [0.2, 0.25) is 0 Å². The predicted molar refractivity (Wildman–Crippen MR) is 82.9 cm³/mol. The van der Waals surface area contributed by atoms with E-state index in [2.05, 4.69) is 18.8 Å². The molecular weight excluding hydrogens is 256 g/mol. The van der Waals surface area contributed by atoms with Gasteiger partial charge in [-0.25, -0.2) is 0 Å². The van der Waals surface area contributed by atoms with Crippen molar-refractivity contribution >= 4 is 11.6 Å². The van der Waals surface area contributed by atoms with E-state index in [0.717, 1.165) is 24.3 Å². The van der Waals surface area contributed by atoms with Crippen molar-refractivity contribution in [2.45, 2.75) is 45.4 Å². The molecule has 1 aromatic rings.